The number of benzene rings is 2. The summed E-state index contributed by atoms with van der Waals surface area (Å²) in [6, 6.07) is 12.9. The van der Waals surface area contributed by atoms with Crippen LogP contribution < -0.4 is 16.6 Å². The molecular weight excluding hydrogens is 587 g/mol. The van der Waals surface area contributed by atoms with Crippen molar-refractivity contribution < 1.29 is 4.39 Å². The lowest BCUT2D eigenvalue weighted by Crippen LogP contribution is -2.68. The van der Waals surface area contributed by atoms with Crippen molar-refractivity contribution in [2.24, 2.45) is 45.7 Å². The lowest BCUT2D eigenvalue weighted by molar-refractivity contribution is -0.156. The van der Waals surface area contributed by atoms with Gasteiger partial charge < -0.3 is 16.0 Å². The Hall–Kier alpha value is -3.26. The monoisotopic (exact) mass is 640 g/mol. The second kappa shape index (κ2) is 12.6. The fraction of sp³-hybridized carbons (Fsp3) is 0.615. The fourth-order valence-corrected chi connectivity index (χ4v) is 10.1. The summed E-state index contributed by atoms with van der Waals surface area (Å²) >= 11 is 0. The summed E-state index contributed by atoms with van der Waals surface area (Å²) in [5.41, 5.74) is 9.69. The summed E-state index contributed by atoms with van der Waals surface area (Å²) in [6.45, 7) is 14.2. The van der Waals surface area contributed by atoms with E-state index in [9.17, 15) is 9.18 Å². The number of nitrogens with two attached hydrogens (primary N) is 1. The predicted octanol–water partition coefficient (Wildman–Crippen LogP) is 7.00. The zero-order valence-electron chi connectivity index (χ0n) is 28.9. The Labute approximate surface area is 279 Å². The Balaban J connectivity index is 1.20. The van der Waals surface area contributed by atoms with Crippen molar-refractivity contribution in [3.05, 3.63) is 70.0 Å². The zero-order chi connectivity index (χ0) is 33.0. The number of fused-ring (bicyclic) bond motifs is 3. The van der Waals surface area contributed by atoms with Crippen molar-refractivity contribution >= 4 is 22.5 Å². The third kappa shape index (κ3) is 6.00. The van der Waals surface area contributed by atoms with E-state index in [1.165, 1.54) is 25.0 Å². The maximum absolute atomic E-state index is 14.1. The number of aromatic nitrogens is 2. The van der Waals surface area contributed by atoms with Crippen LogP contribution in [-0.2, 0) is 13.0 Å². The normalized spacial score (nSPS) is 32.3. The van der Waals surface area contributed by atoms with E-state index in [-0.39, 0.29) is 17.3 Å². The molecule has 47 heavy (non-hydrogen) atoms. The first-order valence-electron chi connectivity index (χ1n) is 18.1. The second-order valence-electron chi connectivity index (χ2n) is 16.0. The molecule has 252 valence electrons. The van der Waals surface area contributed by atoms with Gasteiger partial charge in [0.05, 0.1) is 16.6 Å². The molecule has 8 heteroatoms. The van der Waals surface area contributed by atoms with Crippen molar-refractivity contribution in [1.82, 2.24) is 19.8 Å². The fourth-order valence-electron chi connectivity index (χ4n) is 10.1. The lowest BCUT2D eigenvalue weighted by Gasteiger charge is -2.65. The number of piperazine rings is 1. The first kappa shape index (κ1) is 32.3. The highest BCUT2D eigenvalue weighted by Crippen LogP contribution is 2.64. The van der Waals surface area contributed by atoms with Crippen LogP contribution in [0.4, 0.5) is 10.1 Å². The molecule has 4 saturated carbocycles. The van der Waals surface area contributed by atoms with Gasteiger partial charge in [0.15, 0.2) is 5.96 Å². The average molecular weight is 641 g/mol. The quantitative estimate of drug-likeness (QED) is 0.224. The van der Waals surface area contributed by atoms with E-state index in [1.807, 2.05) is 22.8 Å². The number of halogens is 1. The van der Waals surface area contributed by atoms with Crippen LogP contribution in [-0.4, -0.2) is 45.6 Å². The maximum Gasteiger partial charge on any atom is 0.261 e. The number of nitrogens with one attached hydrogen (secondary N) is 1. The number of hydrogen-bond acceptors (Lipinski definition) is 4. The molecule has 0 radical (unpaired) electrons. The molecule has 6 atom stereocenters. The van der Waals surface area contributed by atoms with Crippen LogP contribution in [0.2, 0.25) is 0 Å². The van der Waals surface area contributed by atoms with Gasteiger partial charge in [0, 0.05) is 37.6 Å². The van der Waals surface area contributed by atoms with Crippen LogP contribution >= 0.6 is 0 Å². The zero-order valence-corrected chi connectivity index (χ0v) is 28.9. The largest absolute Gasteiger partial charge is 0.369 e. The van der Waals surface area contributed by atoms with Gasteiger partial charge in [0.25, 0.3) is 5.56 Å². The van der Waals surface area contributed by atoms with E-state index in [0.717, 1.165) is 67.7 Å². The summed E-state index contributed by atoms with van der Waals surface area (Å²) in [6.07, 6.45) is 7.55. The minimum absolute atomic E-state index is 0.0157. The van der Waals surface area contributed by atoms with Gasteiger partial charge in [-0.3, -0.25) is 9.36 Å². The molecule has 1 saturated heterocycles. The average Bonchev–Trinajstić information content (AvgIpc) is 3.04. The second-order valence-corrected chi connectivity index (χ2v) is 16.0. The predicted molar refractivity (Wildman–Crippen MR) is 188 cm³/mol. The van der Waals surface area contributed by atoms with Crippen molar-refractivity contribution in [3.63, 3.8) is 0 Å². The van der Waals surface area contributed by atoms with E-state index < -0.39 is 0 Å². The molecule has 0 amide bonds. The number of aliphatic imine (C=N–C) groups is 1. The highest BCUT2D eigenvalue weighted by Gasteiger charge is 2.60. The number of rotatable bonds is 6. The van der Waals surface area contributed by atoms with E-state index >= 15 is 0 Å². The molecule has 1 aliphatic heterocycles. The third-order valence-electron chi connectivity index (χ3n) is 12.8. The highest BCUT2D eigenvalue weighted by atomic mass is 19.1. The maximum atomic E-state index is 14.1. The molecule has 8 rings (SSSR count). The Morgan fingerprint density at radius 2 is 1.79 bits per heavy atom. The Bertz CT molecular complexity index is 1690. The van der Waals surface area contributed by atoms with E-state index in [0.29, 0.717) is 65.1 Å². The van der Waals surface area contributed by atoms with Crippen molar-refractivity contribution in [2.75, 3.05) is 13.1 Å². The van der Waals surface area contributed by atoms with Gasteiger partial charge in [-0.25, -0.2) is 14.4 Å². The highest BCUT2D eigenvalue weighted by molar-refractivity contribution is 5.85. The number of nitrogens with zero attached hydrogens (tertiary/aromatic N) is 4. The molecule has 0 spiro atoms. The number of hydrogen-bond donors (Lipinski definition) is 2. The van der Waals surface area contributed by atoms with Gasteiger partial charge in [-0.15, -0.1) is 0 Å². The molecule has 2 heterocycles. The SMILES string of the molecule is CC1CCC(c2nc3cc(N=C(N)N4CCN[C@@H](C)C4C4C[C@@H](C)[C@@H]5CC4C5(C)C)ccc3c(=O)n2CCc2ccc(F)cc2)CC1. The molecular formula is C39H53FN6O. The van der Waals surface area contributed by atoms with Gasteiger partial charge in [-0.1, -0.05) is 52.7 Å². The van der Waals surface area contributed by atoms with Gasteiger partial charge in [0.1, 0.15) is 11.6 Å². The number of guanidine groups is 1. The molecule has 3 N–H and O–H groups in total. The third-order valence-corrected chi connectivity index (χ3v) is 12.8. The van der Waals surface area contributed by atoms with Crippen LogP contribution in [0.1, 0.15) is 90.4 Å². The van der Waals surface area contributed by atoms with Gasteiger partial charge in [-0.05, 0) is 110 Å². The van der Waals surface area contributed by atoms with Crippen molar-refractivity contribution in [1.29, 1.82) is 0 Å². The Morgan fingerprint density at radius 1 is 1.04 bits per heavy atom. The van der Waals surface area contributed by atoms with E-state index in [1.54, 1.807) is 12.1 Å². The summed E-state index contributed by atoms with van der Waals surface area (Å²) in [4.78, 5) is 26.6. The molecule has 5 fully saturated rings. The molecule has 7 nitrogen and oxygen atoms in total. The molecule has 5 aliphatic rings. The van der Waals surface area contributed by atoms with Crippen LogP contribution in [0.3, 0.4) is 0 Å². The van der Waals surface area contributed by atoms with Crippen LogP contribution in [0, 0.1) is 40.8 Å². The smallest absolute Gasteiger partial charge is 0.261 e. The summed E-state index contributed by atoms with van der Waals surface area (Å²) in [5, 5.41) is 4.34. The first-order chi connectivity index (χ1) is 22.5. The Kier molecular flexibility index (Phi) is 8.69. The topological polar surface area (TPSA) is 88.5 Å². The van der Waals surface area contributed by atoms with Gasteiger partial charge in [0.2, 0.25) is 0 Å². The minimum Gasteiger partial charge on any atom is -0.369 e. The van der Waals surface area contributed by atoms with Crippen LogP contribution in [0.25, 0.3) is 10.9 Å². The standard InChI is InChI=1S/C39H53FN6O/c1-23-6-10-27(11-7-23)36-44-34-21-29(14-15-30(34)37(47)46(36)18-16-26-8-12-28(40)13-9-26)43-38(41)45-19-17-42-25(3)35(45)31-20-24(2)32-22-33(31)39(32,4)5/h8-9,12-15,21,23-25,27,31-33,35,42H,6-7,10-11,16-20,22H2,1-5H3,(H2,41,43)/t23?,24-,25+,27?,31?,32+,33?,35?/m1/s1. The molecule has 3 unspecified atom stereocenters. The lowest BCUT2D eigenvalue weighted by atomic mass is 9.41. The van der Waals surface area contributed by atoms with Gasteiger partial charge >= 0.3 is 0 Å². The van der Waals surface area contributed by atoms with Crippen LogP contribution in [0.5, 0.6) is 0 Å². The first-order valence-corrected chi connectivity index (χ1v) is 18.1. The summed E-state index contributed by atoms with van der Waals surface area (Å²) in [7, 11) is 0. The van der Waals surface area contributed by atoms with E-state index in [2.05, 4.69) is 44.8 Å². The molecule has 2 bridgehead atoms. The summed E-state index contributed by atoms with van der Waals surface area (Å²) in [5.74, 6) is 4.96. The molecule has 1 aromatic heterocycles. The van der Waals surface area contributed by atoms with Gasteiger partial charge in [-0.2, -0.15) is 0 Å². The Morgan fingerprint density at radius 3 is 2.49 bits per heavy atom. The van der Waals surface area contributed by atoms with Crippen molar-refractivity contribution in [2.45, 2.75) is 104 Å². The van der Waals surface area contributed by atoms with Crippen LogP contribution in [0.15, 0.2) is 52.3 Å². The molecule has 4 aliphatic carbocycles. The van der Waals surface area contributed by atoms with Crippen molar-refractivity contribution in [3.8, 4) is 0 Å². The summed E-state index contributed by atoms with van der Waals surface area (Å²) < 4.78 is 15.4. The minimum atomic E-state index is -0.250. The number of aryl methyl sites for hydroxylation is 1. The molecule has 3 aromatic rings. The molecule has 2 aromatic carbocycles. The van der Waals surface area contributed by atoms with E-state index in [4.69, 9.17) is 15.7 Å².